The van der Waals surface area contributed by atoms with E-state index in [-0.39, 0.29) is 10.4 Å². The molecule has 4 nitrogen and oxygen atoms in total. The largest absolute Gasteiger partial charge is 0.309 e. The van der Waals surface area contributed by atoms with Gasteiger partial charge in [-0.1, -0.05) is 0 Å². The van der Waals surface area contributed by atoms with Gasteiger partial charge in [-0.15, -0.1) is 0 Å². The molecule has 1 aromatic heterocycles. The first-order valence-electron chi connectivity index (χ1n) is 1.54. The van der Waals surface area contributed by atoms with Crippen molar-refractivity contribution in [1.29, 1.82) is 0 Å². The normalized spacial score (nSPS) is 9.25. The minimum Gasteiger partial charge on any atom is -0.231 e. The molecule has 1 heterocycles. The van der Waals surface area contributed by atoms with Crippen molar-refractivity contribution in [1.82, 2.24) is 0 Å². The van der Waals surface area contributed by atoms with Crippen LogP contribution in [0.25, 0.3) is 0 Å². The Hall–Kier alpha value is -0.480. The second-order valence-corrected chi connectivity index (χ2v) is 1.54. The molecule has 0 spiro atoms. The van der Waals surface area contributed by atoms with E-state index < -0.39 is 0 Å². The first kappa shape index (κ1) is 5.65. The quantitative estimate of drug-likeness (QED) is 0.545. The van der Waals surface area contributed by atoms with Gasteiger partial charge in [0.2, 0.25) is 0 Å². The van der Waals surface area contributed by atoms with E-state index >= 15 is 0 Å². The van der Waals surface area contributed by atoms with Gasteiger partial charge in [0.1, 0.15) is 0 Å². The van der Waals surface area contributed by atoms with Crippen LogP contribution in [-0.2, 0) is 0 Å². The highest BCUT2D eigenvalue weighted by Gasteiger charge is 2.01. The van der Waals surface area contributed by atoms with Gasteiger partial charge < -0.3 is 0 Å². The standard InChI is InChI=1S/C2Cl2O4/c3-1-2(4)6-8-7-5-1. The average Bonchev–Trinajstić information content (AvgIpc) is 1.77. The van der Waals surface area contributed by atoms with Crippen molar-refractivity contribution < 1.29 is 18.6 Å². The molecular formula is C2Cl2O4. The Bertz CT molecular complexity index is 168. The topological polar surface area (TPSA) is 52.6 Å². The maximum Gasteiger partial charge on any atom is 0.309 e. The van der Waals surface area contributed by atoms with Crippen molar-refractivity contribution in [3.8, 4) is 0 Å². The predicted molar refractivity (Wildman–Crippen MR) is 23.2 cm³/mol. The summed E-state index contributed by atoms with van der Waals surface area (Å²) < 4.78 is 15.6. The fraction of sp³-hybridized carbons (Fsp3) is 0. The molecule has 0 saturated heterocycles. The Labute approximate surface area is 53.0 Å². The number of halogens is 2. The van der Waals surface area contributed by atoms with Gasteiger partial charge in [-0.3, -0.25) is 0 Å². The molecule has 0 unspecified atom stereocenters. The van der Waals surface area contributed by atoms with Crippen molar-refractivity contribution in [2.24, 2.45) is 0 Å². The van der Waals surface area contributed by atoms with Gasteiger partial charge in [0.05, 0.1) is 0 Å². The highest BCUT2D eigenvalue weighted by atomic mass is 35.5. The van der Waals surface area contributed by atoms with Gasteiger partial charge in [-0.2, -0.15) is 0 Å². The SMILES string of the molecule is Clc1ooooc1Cl. The Morgan fingerprint density at radius 2 is 1.25 bits per heavy atom. The molecule has 6 heteroatoms. The molecule has 0 N–H and O–H groups in total. The van der Waals surface area contributed by atoms with Crippen LogP contribution in [0.5, 0.6) is 0 Å². The van der Waals surface area contributed by atoms with Crippen LogP contribution in [0.1, 0.15) is 0 Å². The van der Waals surface area contributed by atoms with Crippen LogP contribution < -0.4 is 0 Å². The van der Waals surface area contributed by atoms with Crippen molar-refractivity contribution in [3.05, 3.63) is 10.4 Å². The summed E-state index contributed by atoms with van der Waals surface area (Å²) in [4.78, 5) is 0. The van der Waals surface area contributed by atoms with Crippen molar-refractivity contribution in [3.63, 3.8) is 0 Å². The summed E-state index contributed by atoms with van der Waals surface area (Å²) in [5, 5.41) is -0.393. The van der Waals surface area contributed by atoms with Crippen LogP contribution in [0.4, 0.5) is 0 Å². The highest BCUT2D eigenvalue weighted by molar-refractivity contribution is 6.39. The molecule has 8 heavy (non-hydrogen) atoms. The smallest absolute Gasteiger partial charge is 0.231 e. The minimum absolute atomic E-state index is 0.196. The summed E-state index contributed by atoms with van der Waals surface area (Å²) in [6, 6.07) is 0. The monoisotopic (exact) mass is 158 g/mol. The van der Waals surface area contributed by atoms with Crippen LogP contribution in [0.2, 0.25) is 10.4 Å². The maximum absolute atomic E-state index is 5.16. The molecule has 0 amide bonds. The molecule has 0 bridgehead atoms. The van der Waals surface area contributed by atoms with Crippen molar-refractivity contribution in [2.45, 2.75) is 0 Å². The van der Waals surface area contributed by atoms with E-state index in [1.165, 1.54) is 0 Å². The zero-order chi connectivity index (χ0) is 5.98. The molecule has 0 aromatic carbocycles. The summed E-state index contributed by atoms with van der Waals surface area (Å²) in [6.07, 6.45) is 0. The van der Waals surface area contributed by atoms with Crippen molar-refractivity contribution in [2.75, 3.05) is 0 Å². The van der Waals surface area contributed by atoms with E-state index in [4.69, 9.17) is 23.2 Å². The molecule has 0 saturated carbocycles. The molecule has 0 aliphatic carbocycles. The summed E-state index contributed by atoms with van der Waals surface area (Å²) in [6.45, 7) is 0. The first-order valence-corrected chi connectivity index (χ1v) is 2.29. The molecular weight excluding hydrogens is 159 g/mol. The molecule has 1 aromatic rings. The van der Waals surface area contributed by atoms with E-state index in [0.717, 1.165) is 0 Å². The third-order valence-electron chi connectivity index (χ3n) is 0.397. The Morgan fingerprint density at radius 1 is 0.875 bits per heavy atom. The van der Waals surface area contributed by atoms with E-state index in [1.54, 1.807) is 0 Å². The van der Waals surface area contributed by atoms with Gasteiger partial charge in [-0.05, 0) is 32.7 Å². The van der Waals surface area contributed by atoms with E-state index in [1.807, 2.05) is 0 Å². The molecule has 0 radical (unpaired) electrons. The van der Waals surface area contributed by atoms with Gasteiger partial charge in [0.15, 0.2) is 0 Å². The van der Waals surface area contributed by atoms with E-state index in [0.29, 0.717) is 0 Å². The van der Waals surface area contributed by atoms with Gasteiger partial charge >= 0.3 is 10.4 Å². The number of hydrogen-bond acceptors (Lipinski definition) is 4. The fourth-order valence-corrected chi connectivity index (χ4v) is 0.267. The third-order valence-corrected chi connectivity index (χ3v) is 0.963. The summed E-state index contributed by atoms with van der Waals surface area (Å²) in [7, 11) is 0. The van der Waals surface area contributed by atoms with E-state index in [9.17, 15) is 0 Å². The molecule has 0 fully saturated rings. The molecule has 0 atom stereocenters. The lowest BCUT2D eigenvalue weighted by molar-refractivity contribution is -0.310. The Balaban J connectivity index is 3.13. The maximum atomic E-state index is 5.16. The van der Waals surface area contributed by atoms with Crippen LogP contribution in [0.3, 0.4) is 0 Å². The lowest BCUT2D eigenvalue weighted by Crippen LogP contribution is -1.62. The van der Waals surface area contributed by atoms with Gasteiger partial charge in [-0.25, -0.2) is 9.15 Å². The molecule has 1 rings (SSSR count). The highest BCUT2D eigenvalue weighted by Crippen LogP contribution is 2.19. The van der Waals surface area contributed by atoms with Crippen LogP contribution in [0, 0.1) is 0 Å². The Morgan fingerprint density at radius 3 is 1.50 bits per heavy atom. The Kier molecular flexibility index (Phi) is 1.55. The second-order valence-electron chi connectivity index (χ2n) is 0.850. The average molecular weight is 159 g/mol. The van der Waals surface area contributed by atoms with Gasteiger partial charge in [0.25, 0.3) is 0 Å². The summed E-state index contributed by atoms with van der Waals surface area (Å²) in [5.74, 6) is 0. The summed E-state index contributed by atoms with van der Waals surface area (Å²) >= 11 is 10.3. The lowest BCUT2D eigenvalue weighted by Gasteiger charge is -1.82. The van der Waals surface area contributed by atoms with Gasteiger partial charge in [0, 0.05) is 0 Å². The zero-order valence-electron chi connectivity index (χ0n) is 3.39. The lowest BCUT2D eigenvalue weighted by atomic mass is 11.0. The predicted octanol–water partition coefficient (Wildman–Crippen LogP) is 2.49. The minimum atomic E-state index is -0.196. The molecule has 0 aliphatic heterocycles. The second kappa shape index (κ2) is 2.19. The van der Waals surface area contributed by atoms with E-state index in [2.05, 4.69) is 18.6 Å². The van der Waals surface area contributed by atoms with Crippen LogP contribution >= 0.6 is 23.2 Å². The molecule has 0 aliphatic rings. The fourth-order valence-electron chi connectivity index (χ4n) is 0.153. The number of rotatable bonds is 0. The molecule has 46 valence electrons. The zero-order valence-corrected chi connectivity index (χ0v) is 4.90. The van der Waals surface area contributed by atoms with Crippen LogP contribution in [-0.4, -0.2) is 0 Å². The number of hydrogen-bond donors (Lipinski definition) is 0. The third kappa shape index (κ3) is 1.02. The van der Waals surface area contributed by atoms with Crippen molar-refractivity contribution >= 4 is 23.2 Å². The first-order chi connectivity index (χ1) is 3.80. The van der Waals surface area contributed by atoms with Crippen LogP contribution in [0.15, 0.2) is 18.6 Å². The summed E-state index contributed by atoms with van der Waals surface area (Å²) in [5.41, 5.74) is 0.